The van der Waals surface area contributed by atoms with Crippen LogP contribution in [0.25, 0.3) is 0 Å². The molecular formula is C9H10N4O2. The standard InChI is InChI=1S/C9H10N4O2/c10-6-2-1-3-7(11-6)13-5-4-8(14)12-9(13)15/h1-3H,4-5H2,(H2,10,11)(H,12,14,15). The van der Waals surface area contributed by atoms with E-state index >= 15 is 0 Å². The van der Waals surface area contributed by atoms with Crippen molar-refractivity contribution in [3.8, 4) is 0 Å². The quantitative estimate of drug-likeness (QED) is 0.682. The molecule has 15 heavy (non-hydrogen) atoms. The maximum Gasteiger partial charge on any atom is 0.329 e. The van der Waals surface area contributed by atoms with Gasteiger partial charge in [-0.2, -0.15) is 0 Å². The molecule has 3 amide bonds. The first-order valence-electron chi connectivity index (χ1n) is 4.51. The zero-order valence-corrected chi connectivity index (χ0v) is 7.93. The number of nitrogen functional groups attached to an aromatic ring is 1. The SMILES string of the molecule is Nc1cccc(N2CCC(=O)NC2=O)n1. The third-order valence-electron chi connectivity index (χ3n) is 2.09. The van der Waals surface area contributed by atoms with Crippen LogP contribution in [0, 0.1) is 0 Å². The van der Waals surface area contributed by atoms with Gasteiger partial charge in [-0.15, -0.1) is 0 Å². The number of nitrogens with one attached hydrogen (secondary N) is 1. The van der Waals surface area contributed by atoms with Crippen LogP contribution in [0.2, 0.25) is 0 Å². The van der Waals surface area contributed by atoms with Gasteiger partial charge in [0.05, 0.1) is 0 Å². The number of hydrogen-bond donors (Lipinski definition) is 2. The molecule has 1 aliphatic rings. The minimum atomic E-state index is -0.454. The fraction of sp³-hybridized carbons (Fsp3) is 0.222. The summed E-state index contributed by atoms with van der Waals surface area (Å²) in [5.41, 5.74) is 5.50. The van der Waals surface area contributed by atoms with E-state index < -0.39 is 6.03 Å². The summed E-state index contributed by atoms with van der Waals surface area (Å²) >= 11 is 0. The summed E-state index contributed by atoms with van der Waals surface area (Å²) in [6.45, 7) is 0.334. The summed E-state index contributed by atoms with van der Waals surface area (Å²) in [6, 6.07) is 4.56. The van der Waals surface area contributed by atoms with Crippen molar-refractivity contribution in [3.63, 3.8) is 0 Å². The molecule has 1 saturated heterocycles. The smallest absolute Gasteiger partial charge is 0.329 e. The molecule has 0 bridgehead atoms. The van der Waals surface area contributed by atoms with E-state index in [0.29, 0.717) is 18.2 Å². The highest BCUT2D eigenvalue weighted by molar-refractivity contribution is 6.05. The van der Waals surface area contributed by atoms with Crippen molar-refractivity contribution in [1.82, 2.24) is 10.3 Å². The Morgan fingerprint density at radius 1 is 1.40 bits per heavy atom. The summed E-state index contributed by atoms with van der Waals surface area (Å²) in [5.74, 6) is 0.539. The van der Waals surface area contributed by atoms with Gasteiger partial charge in [-0.3, -0.25) is 15.0 Å². The van der Waals surface area contributed by atoms with E-state index in [2.05, 4.69) is 10.3 Å². The van der Waals surface area contributed by atoms with Gasteiger partial charge in [0.1, 0.15) is 11.6 Å². The van der Waals surface area contributed by atoms with Gasteiger partial charge in [0, 0.05) is 13.0 Å². The second-order valence-corrected chi connectivity index (χ2v) is 3.18. The number of aromatic nitrogens is 1. The number of carbonyl (C=O) groups is 2. The number of anilines is 2. The average Bonchev–Trinajstić information content (AvgIpc) is 2.17. The van der Waals surface area contributed by atoms with Crippen LogP contribution in [-0.2, 0) is 4.79 Å². The molecule has 1 aliphatic heterocycles. The third-order valence-corrected chi connectivity index (χ3v) is 2.09. The molecule has 2 heterocycles. The molecule has 0 spiro atoms. The van der Waals surface area contributed by atoms with Gasteiger partial charge in [-0.1, -0.05) is 6.07 Å². The third kappa shape index (κ3) is 1.88. The lowest BCUT2D eigenvalue weighted by Gasteiger charge is -2.25. The van der Waals surface area contributed by atoms with Crippen LogP contribution >= 0.6 is 0 Å². The Kier molecular flexibility index (Phi) is 2.24. The number of imide groups is 1. The molecule has 1 fully saturated rings. The van der Waals surface area contributed by atoms with Gasteiger partial charge < -0.3 is 5.73 Å². The van der Waals surface area contributed by atoms with Crippen molar-refractivity contribution >= 4 is 23.6 Å². The van der Waals surface area contributed by atoms with Gasteiger partial charge in [-0.25, -0.2) is 9.78 Å². The van der Waals surface area contributed by atoms with Crippen LogP contribution in [-0.4, -0.2) is 23.5 Å². The zero-order chi connectivity index (χ0) is 10.8. The van der Waals surface area contributed by atoms with E-state index in [-0.39, 0.29) is 12.3 Å². The van der Waals surface area contributed by atoms with E-state index in [9.17, 15) is 9.59 Å². The number of amides is 3. The molecule has 6 nitrogen and oxygen atoms in total. The highest BCUT2D eigenvalue weighted by atomic mass is 16.2. The number of hydrogen-bond acceptors (Lipinski definition) is 4. The van der Waals surface area contributed by atoms with E-state index in [1.807, 2.05) is 0 Å². The van der Waals surface area contributed by atoms with Crippen molar-refractivity contribution in [3.05, 3.63) is 18.2 Å². The molecule has 2 rings (SSSR count). The van der Waals surface area contributed by atoms with Gasteiger partial charge in [-0.05, 0) is 12.1 Å². The molecule has 1 aromatic heterocycles. The Labute approximate surface area is 86.1 Å². The highest BCUT2D eigenvalue weighted by Crippen LogP contribution is 2.14. The van der Waals surface area contributed by atoms with Crippen LogP contribution in [0.1, 0.15) is 6.42 Å². The molecular weight excluding hydrogens is 196 g/mol. The first-order valence-corrected chi connectivity index (χ1v) is 4.51. The molecule has 0 saturated carbocycles. The molecule has 0 atom stereocenters. The average molecular weight is 206 g/mol. The second-order valence-electron chi connectivity index (χ2n) is 3.18. The molecule has 3 N–H and O–H groups in total. The maximum absolute atomic E-state index is 11.4. The fourth-order valence-corrected chi connectivity index (χ4v) is 1.37. The predicted octanol–water partition coefficient (Wildman–Crippen LogP) is 0.110. The lowest BCUT2D eigenvalue weighted by atomic mass is 10.3. The number of rotatable bonds is 1. The van der Waals surface area contributed by atoms with E-state index in [1.165, 1.54) is 4.90 Å². The summed E-state index contributed by atoms with van der Waals surface area (Å²) in [7, 11) is 0. The van der Waals surface area contributed by atoms with Crippen molar-refractivity contribution in [2.24, 2.45) is 0 Å². The van der Waals surface area contributed by atoms with Gasteiger partial charge >= 0.3 is 6.03 Å². The minimum absolute atomic E-state index is 0.264. The number of carbonyl (C=O) groups excluding carboxylic acids is 2. The van der Waals surface area contributed by atoms with Crippen LogP contribution < -0.4 is 16.0 Å². The number of nitrogens with two attached hydrogens (primary N) is 1. The van der Waals surface area contributed by atoms with Crippen LogP contribution in [0.3, 0.4) is 0 Å². The molecule has 0 unspecified atom stereocenters. The first kappa shape index (κ1) is 9.45. The van der Waals surface area contributed by atoms with E-state index in [1.54, 1.807) is 18.2 Å². The largest absolute Gasteiger partial charge is 0.384 e. The molecule has 1 aromatic rings. The zero-order valence-electron chi connectivity index (χ0n) is 7.93. The highest BCUT2D eigenvalue weighted by Gasteiger charge is 2.24. The normalized spacial score (nSPS) is 16.4. The molecule has 0 radical (unpaired) electrons. The molecule has 6 heteroatoms. The van der Waals surface area contributed by atoms with Crippen molar-refractivity contribution < 1.29 is 9.59 Å². The Morgan fingerprint density at radius 3 is 2.87 bits per heavy atom. The number of pyridine rings is 1. The number of nitrogens with zero attached hydrogens (tertiary/aromatic N) is 2. The van der Waals surface area contributed by atoms with Crippen molar-refractivity contribution in [1.29, 1.82) is 0 Å². The van der Waals surface area contributed by atoms with Crippen molar-refractivity contribution in [2.75, 3.05) is 17.2 Å². The Hall–Kier alpha value is -2.11. The first-order chi connectivity index (χ1) is 7.16. The van der Waals surface area contributed by atoms with E-state index in [4.69, 9.17) is 5.73 Å². The summed E-state index contributed by atoms with van der Waals surface area (Å²) in [4.78, 5) is 27.7. The minimum Gasteiger partial charge on any atom is -0.384 e. The van der Waals surface area contributed by atoms with Crippen molar-refractivity contribution in [2.45, 2.75) is 6.42 Å². The van der Waals surface area contributed by atoms with Gasteiger partial charge in [0.25, 0.3) is 0 Å². The molecule has 78 valence electrons. The van der Waals surface area contributed by atoms with Crippen LogP contribution in [0.4, 0.5) is 16.4 Å². The Bertz CT molecular complexity index is 418. The fourth-order valence-electron chi connectivity index (χ4n) is 1.37. The van der Waals surface area contributed by atoms with Crippen LogP contribution in [0.15, 0.2) is 18.2 Å². The Balaban J connectivity index is 2.24. The summed E-state index contributed by atoms with van der Waals surface area (Å²) < 4.78 is 0. The van der Waals surface area contributed by atoms with Gasteiger partial charge in [0.15, 0.2) is 0 Å². The lowest BCUT2D eigenvalue weighted by Crippen LogP contribution is -2.49. The number of urea groups is 1. The summed E-state index contributed by atoms with van der Waals surface area (Å²) in [6.07, 6.45) is 0.280. The van der Waals surface area contributed by atoms with Gasteiger partial charge in [0.2, 0.25) is 5.91 Å². The molecule has 0 aromatic carbocycles. The maximum atomic E-state index is 11.4. The second kappa shape index (κ2) is 3.56. The monoisotopic (exact) mass is 206 g/mol. The summed E-state index contributed by atoms with van der Waals surface area (Å²) in [5, 5.41) is 2.21. The predicted molar refractivity (Wildman–Crippen MR) is 54.2 cm³/mol. The van der Waals surface area contributed by atoms with E-state index in [0.717, 1.165) is 0 Å². The topological polar surface area (TPSA) is 88.3 Å². The van der Waals surface area contributed by atoms with Crippen LogP contribution in [0.5, 0.6) is 0 Å². The lowest BCUT2D eigenvalue weighted by molar-refractivity contribution is -0.120. The Morgan fingerprint density at radius 2 is 2.20 bits per heavy atom. The molecule has 0 aliphatic carbocycles.